The number of likely N-dealkylation sites (tertiary alicyclic amines) is 1. The Labute approximate surface area is 87.6 Å². The number of piperidine rings is 1. The quantitative estimate of drug-likeness (QED) is 0.710. The van der Waals surface area contributed by atoms with Gasteiger partial charge in [0.15, 0.2) is 0 Å². The van der Waals surface area contributed by atoms with Gasteiger partial charge in [-0.05, 0) is 19.9 Å². The Morgan fingerprint density at radius 2 is 2.15 bits per heavy atom. The molecule has 0 aliphatic carbocycles. The van der Waals surface area contributed by atoms with E-state index in [2.05, 4.69) is 27.9 Å². The van der Waals surface area contributed by atoms with Crippen LogP contribution in [0.2, 0.25) is 0 Å². The average Bonchev–Trinajstić information content (AvgIpc) is 2.16. The van der Waals surface area contributed by atoms with Gasteiger partial charge >= 0.3 is 0 Å². The Bertz CT molecular complexity index is 140. The molecule has 0 aromatic carbocycles. The average molecular weight is 254 g/mol. The summed E-state index contributed by atoms with van der Waals surface area (Å²) in [7, 11) is 2.10. The smallest absolute Gasteiger partial charge is 0.133 e. The molecule has 1 saturated heterocycles. The van der Waals surface area contributed by atoms with Crippen LogP contribution >= 0.6 is 15.9 Å². The zero-order valence-corrected chi connectivity index (χ0v) is 9.59. The first-order valence-corrected chi connectivity index (χ1v) is 5.84. The molecule has 1 fully saturated rings. The maximum Gasteiger partial charge on any atom is 0.133 e. The van der Waals surface area contributed by atoms with E-state index in [9.17, 15) is 4.39 Å². The van der Waals surface area contributed by atoms with Crippen LogP contribution in [-0.4, -0.2) is 49.2 Å². The number of hydrogen-bond donors (Lipinski definition) is 0. The Kier molecular flexibility index (Phi) is 5.21. The van der Waals surface area contributed by atoms with Gasteiger partial charge in [-0.1, -0.05) is 15.9 Å². The summed E-state index contributed by atoms with van der Waals surface area (Å²) in [6.45, 7) is 2.37. The minimum atomic E-state index is -0.861. The van der Waals surface area contributed by atoms with Crippen LogP contribution in [0.4, 0.5) is 4.39 Å². The van der Waals surface area contributed by atoms with Gasteiger partial charge in [0.2, 0.25) is 0 Å². The van der Waals surface area contributed by atoms with Gasteiger partial charge in [-0.2, -0.15) is 0 Å². The highest BCUT2D eigenvalue weighted by atomic mass is 79.9. The standard InChI is InChI=1S/C9H17BrFNO/c1-12-4-2-9(3-5-12)13-7-8(11)6-10/h8-9H,2-7H2,1H3. The SMILES string of the molecule is CN1CCC(OCC(F)CBr)CC1. The van der Waals surface area contributed by atoms with Crippen LogP contribution in [0.25, 0.3) is 0 Å². The summed E-state index contributed by atoms with van der Waals surface area (Å²) in [5.74, 6) is 0. The van der Waals surface area contributed by atoms with Crippen molar-refractivity contribution in [1.29, 1.82) is 0 Å². The van der Waals surface area contributed by atoms with Gasteiger partial charge in [0.05, 0.1) is 12.7 Å². The van der Waals surface area contributed by atoms with Crippen molar-refractivity contribution in [2.45, 2.75) is 25.1 Å². The van der Waals surface area contributed by atoms with Gasteiger partial charge < -0.3 is 9.64 Å². The third-order valence-corrected chi connectivity index (χ3v) is 3.05. The molecule has 0 saturated carbocycles. The van der Waals surface area contributed by atoms with Gasteiger partial charge in [0.1, 0.15) is 6.17 Å². The van der Waals surface area contributed by atoms with E-state index in [4.69, 9.17) is 4.74 Å². The van der Waals surface area contributed by atoms with Gasteiger partial charge in [0.25, 0.3) is 0 Å². The van der Waals surface area contributed by atoms with E-state index in [0.717, 1.165) is 25.9 Å². The normalized spacial score (nSPS) is 23.3. The minimum Gasteiger partial charge on any atom is -0.375 e. The summed E-state index contributed by atoms with van der Waals surface area (Å²) >= 11 is 3.09. The molecule has 1 aliphatic rings. The summed E-state index contributed by atoms with van der Waals surface area (Å²) in [4.78, 5) is 2.28. The highest BCUT2D eigenvalue weighted by Gasteiger charge is 2.18. The van der Waals surface area contributed by atoms with Crippen LogP contribution in [0.1, 0.15) is 12.8 Å². The monoisotopic (exact) mass is 253 g/mol. The molecule has 1 aliphatic heterocycles. The molecular formula is C9H17BrFNO. The van der Waals surface area contributed by atoms with Gasteiger partial charge in [-0.25, -0.2) is 4.39 Å². The summed E-state index contributed by atoms with van der Waals surface area (Å²) < 4.78 is 18.2. The van der Waals surface area contributed by atoms with Crippen molar-refractivity contribution in [1.82, 2.24) is 4.90 Å². The van der Waals surface area contributed by atoms with E-state index in [1.165, 1.54) is 0 Å². The molecule has 0 spiro atoms. The van der Waals surface area contributed by atoms with E-state index >= 15 is 0 Å². The molecule has 0 aromatic heterocycles. The first-order valence-electron chi connectivity index (χ1n) is 4.72. The number of rotatable bonds is 4. The summed E-state index contributed by atoms with van der Waals surface area (Å²) in [6, 6.07) is 0. The third kappa shape index (κ3) is 4.38. The number of hydrogen-bond acceptors (Lipinski definition) is 2. The summed E-state index contributed by atoms with van der Waals surface area (Å²) in [5.41, 5.74) is 0. The van der Waals surface area contributed by atoms with E-state index in [-0.39, 0.29) is 12.7 Å². The van der Waals surface area contributed by atoms with E-state index < -0.39 is 6.17 Å². The van der Waals surface area contributed by atoms with Crippen molar-refractivity contribution in [3.8, 4) is 0 Å². The molecule has 0 aromatic rings. The first kappa shape index (κ1) is 11.4. The lowest BCUT2D eigenvalue weighted by Gasteiger charge is -2.29. The zero-order valence-electron chi connectivity index (χ0n) is 8.01. The fraction of sp³-hybridized carbons (Fsp3) is 1.00. The number of nitrogens with zero attached hydrogens (tertiary/aromatic N) is 1. The van der Waals surface area contributed by atoms with Gasteiger partial charge in [0, 0.05) is 18.4 Å². The Morgan fingerprint density at radius 3 is 2.69 bits per heavy atom. The van der Waals surface area contributed by atoms with Crippen molar-refractivity contribution < 1.29 is 9.13 Å². The van der Waals surface area contributed by atoms with Crippen molar-refractivity contribution in [3.63, 3.8) is 0 Å². The number of halogens is 2. The van der Waals surface area contributed by atoms with Gasteiger partial charge in [-0.3, -0.25) is 0 Å². The van der Waals surface area contributed by atoms with Crippen LogP contribution in [0.5, 0.6) is 0 Å². The highest BCUT2D eigenvalue weighted by Crippen LogP contribution is 2.13. The zero-order chi connectivity index (χ0) is 9.68. The second-order valence-electron chi connectivity index (χ2n) is 3.59. The highest BCUT2D eigenvalue weighted by molar-refractivity contribution is 9.09. The van der Waals surface area contributed by atoms with E-state index in [0.29, 0.717) is 5.33 Å². The van der Waals surface area contributed by atoms with E-state index in [1.54, 1.807) is 0 Å². The van der Waals surface area contributed by atoms with Crippen LogP contribution in [0.3, 0.4) is 0 Å². The topological polar surface area (TPSA) is 12.5 Å². The first-order chi connectivity index (χ1) is 6.22. The number of ether oxygens (including phenoxy) is 1. The summed E-state index contributed by atoms with van der Waals surface area (Å²) in [6.07, 6.45) is 1.48. The van der Waals surface area contributed by atoms with Crippen LogP contribution < -0.4 is 0 Å². The molecule has 1 unspecified atom stereocenters. The lowest BCUT2D eigenvalue weighted by Crippen LogP contribution is -2.35. The Balaban J connectivity index is 2.08. The Hall–Kier alpha value is 0.330. The fourth-order valence-corrected chi connectivity index (χ4v) is 1.62. The second-order valence-corrected chi connectivity index (χ2v) is 4.24. The molecule has 0 bridgehead atoms. The predicted octanol–water partition coefficient (Wildman–Crippen LogP) is 1.83. The van der Waals surface area contributed by atoms with Crippen molar-refractivity contribution in [3.05, 3.63) is 0 Å². The molecule has 0 N–H and O–H groups in total. The maximum atomic E-state index is 12.8. The fourth-order valence-electron chi connectivity index (χ4n) is 1.44. The lowest BCUT2D eigenvalue weighted by molar-refractivity contribution is -0.00774. The molecular weight excluding hydrogens is 237 g/mol. The molecule has 1 atom stereocenters. The predicted molar refractivity (Wildman–Crippen MR) is 55.2 cm³/mol. The molecule has 0 amide bonds. The Morgan fingerprint density at radius 1 is 1.54 bits per heavy atom. The van der Waals surface area contributed by atoms with Crippen molar-refractivity contribution >= 4 is 15.9 Å². The van der Waals surface area contributed by atoms with E-state index in [1.807, 2.05) is 0 Å². The third-order valence-electron chi connectivity index (χ3n) is 2.35. The van der Waals surface area contributed by atoms with Crippen LogP contribution in [0, 0.1) is 0 Å². The lowest BCUT2D eigenvalue weighted by atomic mass is 10.1. The van der Waals surface area contributed by atoms with Gasteiger partial charge in [-0.15, -0.1) is 0 Å². The minimum absolute atomic E-state index is 0.236. The maximum absolute atomic E-state index is 12.8. The second kappa shape index (κ2) is 5.94. The summed E-state index contributed by atoms with van der Waals surface area (Å²) in [5, 5.41) is 0.375. The van der Waals surface area contributed by atoms with Crippen LogP contribution in [-0.2, 0) is 4.74 Å². The molecule has 1 rings (SSSR count). The molecule has 78 valence electrons. The largest absolute Gasteiger partial charge is 0.375 e. The van der Waals surface area contributed by atoms with Crippen molar-refractivity contribution in [2.75, 3.05) is 32.1 Å². The number of alkyl halides is 2. The molecule has 2 nitrogen and oxygen atoms in total. The molecule has 0 radical (unpaired) electrons. The van der Waals surface area contributed by atoms with Crippen molar-refractivity contribution in [2.24, 2.45) is 0 Å². The molecule has 4 heteroatoms. The molecule has 1 heterocycles. The van der Waals surface area contributed by atoms with Crippen LogP contribution in [0.15, 0.2) is 0 Å². The molecule has 13 heavy (non-hydrogen) atoms.